The maximum atomic E-state index is 13.7. The van der Waals surface area contributed by atoms with E-state index in [0.717, 1.165) is 24.8 Å². The van der Waals surface area contributed by atoms with Gasteiger partial charge in [-0.2, -0.15) is 0 Å². The quantitative estimate of drug-likeness (QED) is 0.252. The van der Waals surface area contributed by atoms with Gasteiger partial charge < -0.3 is 15.0 Å². The monoisotopic (exact) mass is 540 g/mol. The van der Waals surface area contributed by atoms with Crippen molar-refractivity contribution in [2.75, 3.05) is 13.2 Å². The van der Waals surface area contributed by atoms with Crippen molar-refractivity contribution in [1.82, 2.24) is 10.2 Å². The average molecular weight is 542 g/mol. The Bertz CT molecular complexity index is 1130. The molecule has 3 rings (SSSR count). The summed E-state index contributed by atoms with van der Waals surface area (Å²) in [6.07, 6.45) is 3.06. The van der Waals surface area contributed by atoms with E-state index < -0.39 is 6.04 Å². The topological polar surface area (TPSA) is 58.6 Å². The van der Waals surface area contributed by atoms with Crippen molar-refractivity contribution < 1.29 is 14.3 Å². The second-order valence-corrected chi connectivity index (χ2v) is 9.67. The number of rotatable bonds is 13. The van der Waals surface area contributed by atoms with Crippen molar-refractivity contribution in [2.45, 2.75) is 52.1 Å². The molecule has 0 unspecified atom stereocenters. The summed E-state index contributed by atoms with van der Waals surface area (Å²) < 4.78 is 5.84. The number of hydrogen-bond donors (Lipinski definition) is 1. The highest BCUT2D eigenvalue weighted by Gasteiger charge is 2.31. The van der Waals surface area contributed by atoms with Crippen LogP contribution < -0.4 is 10.1 Å². The molecule has 0 aliphatic carbocycles. The van der Waals surface area contributed by atoms with Gasteiger partial charge in [-0.15, -0.1) is 0 Å². The Hall–Kier alpha value is -3.02. The number of unbranched alkanes of at least 4 members (excludes halogenated alkanes) is 1. The van der Waals surface area contributed by atoms with Gasteiger partial charge in [0, 0.05) is 35.1 Å². The first kappa shape index (κ1) is 28.5. The standard InChI is InChI=1S/C30H34Cl2N2O3/c1-3-5-18-33-30(36)28(19-23-10-7-6-8-11-23)34(20-25-26(31)12-9-13-27(25)32)29(35)21-37-24-16-14-22(4-2)15-17-24/h6-17,28H,3-5,18-21H2,1-2H3,(H,33,36)/t28-/m0/s1. The summed E-state index contributed by atoms with van der Waals surface area (Å²) in [6, 6.07) is 21.7. The fourth-order valence-electron chi connectivity index (χ4n) is 3.96. The van der Waals surface area contributed by atoms with Crippen LogP contribution in [0.3, 0.4) is 0 Å². The van der Waals surface area contributed by atoms with E-state index in [4.69, 9.17) is 27.9 Å². The zero-order valence-corrected chi connectivity index (χ0v) is 22.9. The van der Waals surface area contributed by atoms with Crippen LogP contribution >= 0.6 is 23.2 Å². The number of hydrogen-bond acceptors (Lipinski definition) is 3. The number of halogens is 2. The largest absolute Gasteiger partial charge is 0.484 e. The Morgan fingerprint density at radius 1 is 0.892 bits per heavy atom. The van der Waals surface area contributed by atoms with E-state index in [1.807, 2.05) is 54.6 Å². The minimum atomic E-state index is -0.773. The normalized spacial score (nSPS) is 11.6. The molecule has 5 nitrogen and oxygen atoms in total. The number of amides is 2. The number of carbonyl (C=O) groups is 2. The Morgan fingerprint density at radius 3 is 2.19 bits per heavy atom. The van der Waals surface area contributed by atoms with Crippen molar-refractivity contribution in [3.63, 3.8) is 0 Å². The minimum absolute atomic E-state index is 0.0776. The van der Waals surface area contributed by atoms with E-state index in [2.05, 4.69) is 19.2 Å². The lowest BCUT2D eigenvalue weighted by Crippen LogP contribution is -2.52. The number of nitrogens with zero attached hydrogens (tertiary/aromatic N) is 1. The molecular weight excluding hydrogens is 507 g/mol. The first-order valence-electron chi connectivity index (χ1n) is 12.7. The van der Waals surface area contributed by atoms with Crippen molar-refractivity contribution >= 4 is 35.0 Å². The van der Waals surface area contributed by atoms with Crippen LogP contribution in [0.1, 0.15) is 43.4 Å². The lowest BCUT2D eigenvalue weighted by Gasteiger charge is -2.32. The van der Waals surface area contributed by atoms with Crippen LogP contribution in [0.15, 0.2) is 72.8 Å². The molecule has 37 heavy (non-hydrogen) atoms. The smallest absolute Gasteiger partial charge is 0.261 e. The van der Waals surface area contributed by atoms with E-state index in [1.165, 1.54) is 10.5 Å². The van der Waals surface area contributed by atoms with Gasteiger partial charge in [-0.3, -0.25) is 9.59 Å². The first-order valence-corrected chi connectivity index (χ1v) is 13.4. The number of aryl methyl sites for hydroxylation is 1. The highest BCUT2D eigenvalue weighted by molar-refractivity contribution is 6.36. The van der Waals surface area contributed by atoms with Crippen LogP contribution in [0.4, 0.5) is 0 Å². The molecule has 0 saturated heterocycles. The molecule has 7 heteroatoms. The van der Waals surface area contributed by atoms with Crippen LogP contribution in [0, 0.1) is 0 Å². The first-order chi connectivity index (χ1) is 17.9. The Kier molecular flexibility index (Phi) is 11.3. The molecule has 1 atom stereocenters. The van der Waals surface area contributed by atoms with Crippen molar-refractivity contribution in [1.29, 1.82) is 0 Å². The van der Waals surface area contributed by atoms with E-state index >= 15 is 0 Å². The highest BCUT2D eigenvalue weighted by atomic mass is 35.5. The predicted molar refractivity (Wildman–Crippen MR) is 150 cm³/mol. The number of nitrogens with one attached hydrogen (secondary N) is 1. The second-order valence-electron chi connectivity index (χ2n) is 8.86. The molecule has 0 fully saturated rings. The van der Waals surface area contributed by atoms with E-state index in [1.54, 1.807) is 18.2 Å². The van der Waals surface area contributed by atoms with Crippen LogP contribution in [0.5, 0.6) is 5.75 Å². The fourth-order valence-corrected chi connectivity index (χ4v) is 4.48. The maximum absolute atomic E-state index is 13.7. The van der Waals surface area contributed by atoms with Gasteiger partial charge in [-0.05, 0) is 48.2 Å². The molecule has 1 N–H and O–H groups in total. The third-order valence-corrected chi connectivity index (χ3v) is 6.89. The number of benzene rings is 3. The molecule has 3 aromatic carbocycles. The molecular formula is C30H34Cl2N2O3. The van der Waals surface area contributed by atoms with Gasteiger partial charge in [-0.1, -0.05) is 92.0 Å². The molecule has 0 saturated carbocycles. The van der Waals surface area contributed by atoms with Gasteiger partial charge in [0.05, 0.1) is 0 Å². The zero-order chi connectivity index (χ0) is 26.6. The van der Waals surface area contributed by atoms with Gasteiger partial charge in [-0.25, -0.2) is 0 Å². The maximum Gasteiger partial charge on any atom is 0.261 e. The van der Waals surface area contributed by atoms with Crippen LogP contribution in [0.2, 0.25) is 10.0 Å². The molecule has 2 amide bonds. The summed E-state index contributed by atoms with van der Waals surface area (Å²) in [5.74, 6) is 0.0385. The Morgan fingerprint density at radius 2 is 1.57 bits per heavy atom. The van der Waals surface area contributed by atoms with Crippen molar-refractivity contribution in [3.8, 4) is 5.75 Å². The van der Waals surface area contributed by atoms with Gasteiger partial charge >= 0.3 is 0 Å². The second kappa shape index (κ2) is 14.7. The van der Waals surface area contributed by atoms with Crippen LogP contribution in [0.25, 0.3) is 0 Å². The highest BCUT2D eigenvalue weighted by Crippen LogP contribution is 2.27. The zero-order valence-electron chi connectivity index (χ0n) is 21.4. The fraction of sp³-hybridized carbons (Fsp3) is 0.333. The summed E-state index contributed by atoms with van der Waals surface area (Å²) >= 11 is 12.9. The SMILES string of the molecule is CCCCNC(=O)[C@H](Cc1ccccc1)N(Cc1c(Cl)cccc1Cl)C(=O)COc1ccc(CC)cc1. The Balaban J connectivity index is 1.91. The van der Waals surface area contributed by atoms with E-state index in [-0.39, 0.29) is 25.0 Å². The van der Waals surface area contributed by atoms with E-state index in [9.17, 15) is 9.59 Å². The van der Waals surface area contributed by atoms with Crippen LogP contribution in [-0.2, 0) is 29.0 Å². The third-order valence-electron chi connectivity index (χ3n) is 6.18. The number of carbonyl (C=O) groups excluding carboxylic acids is 2. The molecule has 0 aromatic heterocycles. The van der Waals surface area contributed by atoms with Gasteiger partial charge in [0.2, 0.25) is 5.91 Å². The minimum Gasteiger partial charge on any atom is -0.484 e. The third kappa shape index (κ3) is 8.51. The average Bonchev–Trinajstić information content (AvgIpc) is 2.91. The van der Waals surface area contributed by atoms with Crippen molar-refractivity contribution in [2.24, 2.45) is 0 Å². The lowest BCUT2D eigenvalue weighted by atomic mass is 10.0. The van der Waals surface area contributed by atoms with Crippen molar-refractivity contribution in [3.05, 3.63) is 99.5 Å². The van der Waals surface area contributed by atoms with Gasteiger partial charge in [0.15, 0.2) is 6.61 Å². The molecule has 0 aliphatic rings. The molecule has 0 radical (unpaired) electrons. The molecule has 0 spiro atoms. The number of ether oxygens (including phenoxy) is 1. The summed E-state index contributed by atoms with van der Waals surface area (Å²) in [7, 11) is 0. The lowest BCUT2D eigenvalue weighted by molar-refractivity contribution is -0.142. The summed E-state index contributed by atoms with van der Waals surface area (Å²) in [5, 5.41) is 3.87. The molecule has 0 aliphatic heterocycles. The van der Waals surface area contributed by atoms with E-state index in [0.29, 0.717) is 34.3 Å². The molecule has 0 heterocycles. The molecule has 0 bridgehead atoms. The Labute approximate surface area is 229 Å². The van der Waals surface area contributed by atoms with Gasteiger partial charge in [0.1, 0.15) is 11.8 Å². The predicted octanol–water partition coefficient (Wildman–Crippen LogP) is 6.49. The molecule has 196 valence electrons. The summed E-state index contributed by atoms with van der Waals surface area (Å²) in [5.41, 5.74) is 2.71. The molecule has 3 aromatic rings. The van der Waals surface area contributed by atoms with Crippen LogP contribution in [-0.4, -0.2) is 35.9 Å². The van der Waals surface area contributed by atoms with Gasteiger partial charge in [0.25, 0.3) is 5.91 Å². The summed E-state index contributed by atoms with van der Waals surface area (Å²) in [4.78, 5) is 28.7. The summed E-state index contributed by atoms with van der Waals surface area (Å²) in [6.45, 7) is 4.54.